The van der Waals surface area contributed by atoms with Gasteiger partial charge in [0.1, 0.15) is 0 Å². The highest BCUT2D eigenvalue weighted by atomic mass is 15.1. The van der Waals surface area contributed by atoms with E-state index in [1.165, 1.54) is 11.1 Å². The molecule has 1 aliphatic heterocycles. The van der Waals surface area contributed by atoms with Crippen molar-refractivity contribution in [3.63, 3.8) is 0 Å². The minimum atomic E-state index is 0.816. The maximum atomic E-state index is 4.06. The van der Waals surface area contributed by atoms with E-state index >= 15 is 0 Å². The second-order valence-corrected chi connectivity index (χ2v) is 8.43. The molecule has 1 aliphatic rings. The topological polar surface area (TPSA) is 6.48 Å². The Morgan fingerprint density at radius 1 is 0.571 bits per heavy atom. The molecule has 0 atom stereocenters. The van der Waals surface area contributed by atoms with Crippen LogP contribution in [0.15, 0.2) is 158 Å². The second-order valence-electron chi connectivity index (χ2n) is 8.43. The Balaban J connectivity index is 1.40. The van der Waals surface area contributed by atoms with Crippen LogP contribution >= 0.6 is 0 Å². The normalized spacial score (nSPS) is 15.1. The average Bonchev–Trinajstić information content (AvgIpc) is 3.03. The molecule has 0 aromatic heterocycles. The zero-order chi connectivity index (χ0) is 23.9. The first-order valence-electron chi connectivity index (χ1n) is 11.9. The Hall–Kier alpha value is -4.56. The van der Waals surface area contributed by atoms with Gasteiger partial charge in [0.15, 0.2) is 0 Å². The fourth-order valence-electron chi connectivity index (χ4n) is 4.18. The van der Waals surface area contributed by atoms with Gasteiger partial charge in [-0.2, -0.15) is 0 Å². The molecule has 0 unspecified atom stereocenters. The first-order chi connectivity index (χ1) is 17.3. The van der Waals surface area contributed by atoms with Crippen LogP contribution in [0.25, 0.3) is 11.1 Å². The van der Waals surface area contributed by atoms with Gasteiger partial charge >= 0.3 is 0 Å². The molecule has 4 aromatic carbocycles. The van der Waals surface area contributed by atoms with E-state index in [1.54, 1.807) is 0 Å². The zero-order valence-electron chi connectivity index (χ0n) is 19.7. The third-order valence-electron chi connectivity index (χ3n) is 6.01. The van der Waals surface area contributed by atoms with Crippen LogP contribution < -0.4 is 9.80 Å². The van der Waals surface area contributed by atoms with Crippen LogP contribution in [0.5, 0.6) is 0 Å². The Morgan fingerprint density at radius 2 is 1.11 bits per heavy atom. The van der Waals surface area contributed by atoms with Crippen LogP contribution in [-0.4, -0.2) is 6.54 Å². The Labute approximate surface area is 208 Å². The molecular weight excluding hydrogens is 424 g/mol. The fraction of sp³-hybridized carbons (Fsp3) is 0.0303. The van der Waals surface area contributed by atoms with E-state index in [4.69, 9.17) is 0 Å². The van der Waals surface area contributed by atoms with Crippen LogP contribution in [0.2, 0.25) is 0 Å². The maximum absolute atomic E-state index is 4.06. The lowest BCUT2D eigenvalue weighted by molar-refractivity contribution is 1.09. The Morgan fingerprint density at radius 3 is 1.71 bits per heavy atom. The Bertz CT molecular complexity index is 1310. The summed E-state index contributed by atoms with van der Waals surface area (Å²) in [5, 5.41) is 0. The van der Waals surface area contributed by atoms with E-state index in [-0.39, 0.29) is 0 Å². The molecule has 2 nitrogen and oxygen atoms in total. The van der Waals surface area contributed by atoms with Crippen molar-refractivity contribution in [3.05, 3.63) is 158 Å². The van der Waals surface area contributed by atoms with Crippen molar-refractivity contribution in [2.75, 3.05) is 16.3 Å². The summed E-state index contributed by atoms with van der Waals surface area (Å²) in [5.41, 5.74) is 7.93. The molecular formula is C33H28N2. The summed E-state index contributed by atoms with van der Waals surface area (Å²) in [6.45, 7) is 4.88. The predicted octanol–water partition coefficient (Wildman–Crippen LogP) is 8.83. The van der Waals surface area contributed by atoms with Gasteiger partial charge in [-0.05, 0) is 71.3 Å². The van der Waals surface area contributed by atoms with E-state index in [0.29, 0.717) is 0 Å². The molecule has 1 heterocycles. The monoisotopic (exact) mass is 452 g/mol. The van der Waals surface area contributed by atoms with Crippen molar-refractivity contribution in [1.82, 2.24) is 0 Å². The molecule has 0 saturated heterocycles. The van der Waals surface area contributed by atoms with Gasteiger partial charge in [-0.3, -0.25) is 0 Å². The summed E-state index contributed by atoms with van der Waals surface area (Å²) in [6, 6.07) is 38.5. The minimum Gasteiger partial charge on any atom is -0.344 e. The molecule has 4 aromatic rings. The first-order valence-corrected chi connectivity index (χ1v) is 11.9. The van der Waals surface area contributed by atoms with Crippen molar-refractivity contribution >= 4 is 22.7 Å². The number of rotatable bonds is 5. The van der Waals surface area contributed by atoms with Crippen LogP contribution in [0, 0.1) is 0 Å². The van der Waals surface area contributed by atoms with E-state index in [2.05, 4.69) is 132 Å². The molecule has 170 valence electrons. The lowest BCUT2D eigenvalue weighted by atomic mass is 10.0. The quantitative estimate of drug-likeness (QED) is 0.298. The lowest BCUT2D eigenvalue weighted by Gasteiger charge is -2.25. The van der Waals surface area contributed by atoms with Gasteiger partial charge in [0.05, 0.1) is 0 Å². The summed E-state index contributed by atoms with van der Waals surface area (Å²) in [4.78, 5) is 4.50. The zero-order valence-corrected chi connectivity index (χ0v) is 19.7. The summed E-state index contributed by atoms with van der Waals surface area (Å²) in [7, 11) is 0. The Kier molecular flexibility index (Phi) is 6.72. The third kappa shape index (κ3) is 5.34. The minimum absolute atomic E-state index is 0.816. The van der Waals surface area contributed by atoms with Crippen LogP contribution in [0.4, 0.5) is 22.7 Å². The maximum Gasteiger partial charge on any atom is 0.0462 e. The summed E-state index contributed by atoms with van der Waals surface area (Å²) < 4.78 is 0. The largest absolute Gasteiger partial charge is 0.344 e. The number of allylic oxidation sites excluding steroid dienone is 5. The fourth-order valence-corrected chi connectivity index (χ4v) is 4.18. The van der Waals surface area contributed by atoms with Crippen molar-refractivity contribution < 1.29 is 0 Å². The van der Waals surface area contributed by atoms with Crippen LogP contribution in [0.3, 0.4) is 0 Å². The smallest absolute Gasteiger partial charge is 0.0462 e. The van der Waals surface area contributed by atoms with Crippen molar-refractivity contribution in [2.45, 2.75) is 0 Å². The highest BCUT2D eigenvalue weighted by Gasteiger charge is 2.12. The molecule has 0 fully saturated rings. The number of anilines is 4. The van der Waals surface area contributed by atoms with Crippen LogP contribution in [0.1, 0.15) is 0 Å². The highest BCUT2D eigenvalue weighted by Crippen LogP contribution is 2.35. The second kappa shape index (κ2) is 10.6. The standard InChI is InChI=1S/C33H28N2/c1-27-11-5-4-10-25-34(26-24-27)30-20-16-28(17-21-30)29-18-22-33(23-19-29)35(31-12-6-2-7-13-31)32-14-8-3-9-15-32/h2-24,26H,1,25H2/b10-4-,11-5-,26-24?. The number of para-hydroxylation sites is 2. The van der Waals surface area contributed by atoms with Gasteiger partial charge in [0, 0.05) is 35.5 Å². The van der Waals surface area contributed by atoms with E-state index in [9.17, 15) is 0 Å². The molecule has 0 radical (unpaired) electrons. The molecule has 0 N–H and O–H groups in total. The van der Waals surface area contributed by atoms with Crippen LogP contribution in [-0.2, 0) is 0 Å². The van der Waals surface area contributed by atoms with Gasteiger partial charge < -0.3 is 9.80 Å². The number of hydrogen-bond donors (Lipinski definition) is 0. The number of nitrogens with zero attached hydrogens (tertiary/aromatic N) is 2. The third-order valence-corrected chi connectivity index (χ3v) is 6.01. The van der Waals surface area contributed by atoms with Gasteiger partial charge in [-0.1, -0.05) is 91.5 Å². The lowest BCUT2D eigenvalue weighted by Crippen LogP contribution is -2.15. The summed E-state index contributed by atoms with van der Waals surface area (Å²) in [5.74, 6) is 0. The SMILES string of the molecule is C=C1C=CN(c2ccc(-c3ccc(N(c4ccccc4)c4ccccc4)cc3)cc2)C/C=C\C=C/1. The van der Waals surface area contributed by atoms with Gasteiger partial charge in [-0.25, -0.2) is 0 Å². The van der Waals surface area contributed by atoms with Crippen molar-refractivity contribution in [2.24, 2.45) is 0 Å². The molecule has 0 saturated carbocycles. The molecule has 0 amide bonds. The van der Waals surface area contributed by atoms with Gasteiger partial charge in [0.25, 0.3) is 0 Å². The molecule has 5 rings (SSSR count). The predicted molar refractivity (Wildman–Crippen MR) is 150 cm³/mol. The number of hydrogen-bond acceptors (Lipinski definition) is 2. The van der Waals surface area contributed by atoms with Gasteiger partial charge in [-0.15, -0.1) is 0 Å². The van der Waals surface area contributed by atoms with Gasteiger partial charge in [0.2, 0.25) is 0 Å². The summed E-state index contributed by atoms with van der Waals surface area (Å²) >= 11 is 0. The average molecular weight is 453 g/mol. The van der Waals surface area contributed by atoms with E-state index < -0.39 is 0 Å². The van der Waals surface area contributed by atoms with Crippen molar-refractivity contribution in [3.8, 4) is 11.1 Å². The summed E-state index contributed by atoms with van der Waals surface area (Å²) in [6.07, 6.45) is 12.4. The first kappa shape index (κ1) is 22.2. The molecule has 0 aliphatic carbocycles. The van der Waals surface area contributed by atoms with E-state index in [1.807, 2.05) is 30.4 Å². The molecule has 35 heavy (non-hydrogen) atoms. The molecule has 2 heteroatoms. The van der Waals surface area contributed by atoms with E-state index in [0.717, 1.165) is 34.9 Å². The van der Waals surface area contributed by atoms with Crippen molar-refractivity contribution in [1.29, 1.82) is 0 Å². The number of benzene rings is 4. The molecule has 0 spiro atoms. The molecule has 0 bridgehead atoms. The highest BCUT2D eigenvalue weighted by molar-refractivity contribution is 5.78.